The minimum atomic E-state index is -1.12. The average molecular weight is 363 g/mol. The van der Waals surface area contributed by atoms with E-state index < -0.39 is 17.9 Å². The molecule has 1 unspecified atom stereocenters. The third-order valence-corrected chi connectivity index (χ3v) is 3.81. The lowest BCUT2D eigenvalue weighted by Gasteiger charge is -2.29. The second-order valence-electron chi connectivity index (χ2n) is 5.74. The van der Waals surface area contributed by atoms with E-state index in [0.717, 1.165) is 0 Å². The number of aromatic amines is 1. The van der Waals surface area contributed by atoms with Gasteiger partial charge >= 0.3 is 5.97 Å². The molecule has 11 nitrogen and oxygen atoms in total. The molecule has 0 radical (unpaired) electrons. The van der Waals surface area contributed by atoms with Gasteiger partial charge in [0.25, 0.3) is 0 Å². The number of nitrogens with one attached hydrogen (secondary N) is 2. The number of carbonyl (C=O) groups excluding carboxylic acids is 2. The van der Waals surface area contributed by atoms with E-state index in [1.807, 2.05) is 0 Å². The molecule has 0 aliphatic rings. The summed E-state index contributed by atoms with van der Waals surface area (Å²) in [6.07, 6.45) is 2.82. The number of fused-ring (bicyclic) bond motifs is 1. The van der Waals surface area contributed by atoms with Gasteiger partial charge in [0.15, 0.2) is 11.5 Å². The number of rotatable bonds is 8. The van der Waals surface area contributed by atoms with Gasteiger partial charge in [-0.05, 0) is 6.92 Å². The third kappa shape index (κ3) is 4.43. The first kappa shape index (κ1) is 19.1. The Morgan fingerprint density at radius 2 is 2.04 bits per heavy atom. The van der Waals surface area contributed by atoms with Crippen LogP contribution in [0.2, 0.25) is 0 Å². The van der Waals surface area contributed by atoms with Crippen LogP contribution < -0.4 is 10.2 Å². The molecule has 2 amide bonds. The molecular weight excluding hydrogens is 342 g/mol. The number of aliphatic carboxylic acids is 1. The lowest BCUT2D eigenvalue weighted by atomic mass is 10.2. The molecular formula is C15H21N7O4. The summed E-state index contributed by atoms with van der Waals surface area (Å²) in [6, 6.07) is -1.03. The standard InChI is InChI=1S/C15H21N7O4/c1-9(15(25)26)22(5-4-16-10(2)23)11(24)6-21(3)14-12-13(18-7-17-12)19-8-20-14/h7-9H,4-6H2,1-3H3,(H,16,23)(H,25,26)(H,17,18,19,20). The number of carboxylic acid groups (broad SMARTS) is 1. The zero-order valence-electron chi connectivity index (χ0n) is 14.8. The Balaban J connectivity index is 2.13. The number of hydrogen-bond acceptors (Lipinski definition) is 7. The highest BCUT2D eigenvalue weighted by Gasteiger charge is 2.26. The summed E-state index contributed by atoms with van der Waals surface area (Å²) in [5.41, 5.74) is 1.05. The summed E-state index contributed by atoms with van der Waals surface area (Å²) in [6.45, 7) is 2.93. The maximum Gasteiger partial charge on any atom is 0.326 e. The van der Waals surface area contributed by atoms with Crippen LogP contribution in [0, 0.1) is 0 Å². The molecule has 0 saturated heterocycles. The first-order valence-corrected chi connectivity index (χ1v) is 7.93. The molecule has 2 heterocycles. The van der Waals surface area contributed by atoms with Crippen molar-refractivity contribution in [2.24, 2.45) is 0 Å². The van der Waals surface area contributed by atoms with Crippen molar-refractivity contribution in [3.63, 3.8) is 0 Å². The van der Waals surface area contributed by atoms with Crippen molar-refractivity contribution in [1.29, 1.82) is 0 Å². The molecule has 0 aliphatic carbocycles. The molecule has 0 aliphatic heterocycles. The minimum absolute atomic E-state index is 0.0863. The number of carbonyl (C=O) groups is 3. The zero-order valence-corrected chi connectivity index (χ0v) is 14.8. The summed E-state index contributed by atoms with van der Waals surface area (Å²) < 4.78 is 0. The lowest BCUT2D eigenvalue weighted by molar-refractivity contribution is -0.148. The van der Waals surface area contributed by atoms with Crippen LogP contribution in [0.1, 0.15) is 13.8 Å². The Kier molecular flexibility index (Phi) is 6.04. The van der Waals surface area contributed by atoms with Gasteiger partial charge in [0.1, 0.15) is 17.9 Å². The maximum absolute atomic E-state index is 12.7. The molecule has 3 N–H and O–H groups in total. The number of nitrogens with zero attached hydrogens (tertiary/aromatic N) is 5. The molecule has 2 aromatic heterocycles. The number of aromatic nitrogens is 4. The first-order chi connectivity index (χ1) is 12.3. The van der Waals surface area contributed by atoms with Gasteiger partial charge in [-0.25, -0.2) is 19.7 Å². The van der Waals surface area contributed by atoms with Crippen molar-refractivity contribution >= 4 is 34.8 Å². The van der Waals surface area contributed by atoms with Crippen molar-refractivity contribution < 1.29 is 19.5 Å². The van der Waals surface area contributed by atoms with Crippen molar-refractivity contribution in [3.8, 4) is 0 Å². The number of H-pyrrole nitrogens is 1. The van der Waals surface area contributed by atoms with Crippen LogP contribution in [0.15, 0.2) is 12.7 Å². The summed E-state index contributed by atoms with van der Waals surface area (Å²) >= 11 is 0. The predicted octanol–water partition coefficient (Wildman–Crippen LogP) is -0.773. The lowest BCUT2D eigenvalue weighted by Crippen LogP contribution is -2.49. The summed E-state index contributed by atoms with van der Waals surface area (Å²) in [5.74, 6) is -1.30. The summed E-state index contributed by atoms with van der Waals surface area (Å²) in [5, 5.41) is 11.8. The molecule has 0 spiro atoms. The molecule has 2 aromatic rings. The van der Waals surface area contributed by atoms with Crippen molar-refractivity contribution in [2.45, 2.75) is 19.9 Å². The van der Waals surface area contributed by atoms with Crippen LogP contribution in [0.4, 0.5) is 5.82 Å². The number of imidazole rings is 1. The second-order valence-corrected chi connectivity index (χ2v) is 5.74. The Bertz CT molecular complexity index is 806. The van der Waals surface area contributed by atoms with E-state index >= 15 is 0 Å². The molecule has 11 heteroatoms. The number of likely N-dealkylation sites (N-methyl/N-ethyl adjacent to an activating group) is 1. The Hall–Kier alpha value is -3.24. The van der Waals surface area contributed by atoms with Gasteiger partial charge in [0.05, 0.1) is 12.9 Å². The maximum atomic E-state index is 12.7. The van der Waals surface area contributed by atoms with Crippen molar-refractivity contribution in [3.05, 3.63) is 12.7 Å². The zero-order chi connectivity index (χ0) is 19.3. The highest BCUT2D eigenvalue weighted by Crippen LogP contribution is 2.18. The van der Waals surface area contributed by atoms with Crippen LogP contribution in [0.25, 0.3) is 11.2 Å². The van der Waals surface area contributed by atoms with Crippen LogP contribution >= 0.6 is 0 Å². The van der Waals surface area contributed by atoms with Crippen molar-refractivity contribution in [1.82, 2.24) is 30.2 Å². The van der Waals surface area contributed by atoms with Gasteiger partial charge in [-0.3, -0.25) is 9.59 Å². The molecule has 140 valence electrons. The van der Waals surface area contributed by atoms with E-state index in [1.54, 1.807) is 11.9 Å². The quantitative estimate of drug-likeness (QED) is 0.554. The van der Waals surface area contributed by atoms with E-state index in [-0.39, 0.29) is 25.5 Å². The van der Waals surface area contributed by atoms with Gasteiger partial charge < -0.3 is 25.2 Å². The molecule has 2 rings (SSSR count). The number of hydrogen-bond donors (Lipinski definition) is 3. The molecule has 0 aromatic carbocycles. The van der Waals surface area contributed by atoms with Crippen LogP contribution in [-0.4, -0.2) is 80.4 Å². The van der Waals surface area contributed by atoms with Gasteiger partial charge in [0.2, 0.25) is 11.8 Å². The second kappa shape index (κ2) is 8.23. The number of anilines is 1. The fourth-order valence-corrected chi connectivity index (χ4v) is 2.43. The van der Waals surface area contributed by atoms with Crippen LogP contribution in [-0.2, 0) is 14.4 Å². The highest BCUT2D eigenvalue weighted by atomic mass is 16.4. The number of amides is 2. The average Bonchev–Trinajstić information content (AvgIpc) is 3.06. The minimum Gasteiger partial charge on any atom is -0.480 e. The van der Waals surface area contributed by atoms with E-state index in [9.17, 15) is 19.5 Å². The van der Waals surface area contributed by atoms with E-state index in [2.05, 4.69) is 25.3 Å². The van der Waals surface area contributed by atoms with E-state index in [1.165, 1.54) is 31.4 Å². The first-order valence-electron chi connectivity index (χ1n) is 7.93. The molecule has 26 heavy (non-hydrogen) atoms. The summed E-state index contributed by atoms with van der Waals surface area (Å²) in [7, 11) is 1.66. The number of carboxylic acids is 1. The largest absolute Gasteiger partial charge is 0.480 e. The van der Waals surface area contributed by atoms with Gasteiger partial charge in [-0.1, -0.05) is 0 Å². The molecule has 0 saturated carbocycles. The van der Waals surface area contributed by atoms with E-state index in [0.29, 0.717) is 17.0 Å². The predicted molar refractivity (Wildman–Crippen MR) is 92.4 cm³/mol. The van der Waals surface area contributed by atoms with Crippen LogP contribution in [0.5, 0.6) is 0 Å². The van der Waals surface area contributed by atoms with Gasteiger partial charge in [-0.15, -0.1) is 0 Å². The van der Waals surface area contributed by atoms with Crippen LogP contribution in [0.3, 0.4) is 0 Å². The highest BCUT2D eigenvalue weighted by molar-refractivity contribution is 5.89. The smallest absolute Gasteiger partial charge is 0.326 e. The summed E-state index contributed by atoms with van der Waals surface area (Å²) in [4.78, 5) is 52.9. The SMILES string of the molecule is CC(=O)NCCN(C(=O)CN(C)c1ncnc2nc[nH]c12)C(C)C(=O)O. The van der Waals surface area contributed by atoms with Gasteiger partial charge in [-0.2, -0.15) is 0 Å². The molecule has 0 bridgehead atoms. The fourth-order valence-electron chi connectivity index (χ4n) is 2.43. The fraction of sp³-hybridized carbons (Fsp3) is 0.467. The Morgan fingerprint density at radius 1 is 1.31 bits per heavy atom. The topological polar surface area (TPSA) is 144 Å². The normalized spacial score (nSPS) is 11.8. The molecule has 1 atom stereocenters. The van der Waals surface area contributed by atoms with Gasteiger partial charge in [0, 0.05) is 27.1 Å². The monoisotopic (exact) mass is 363 g/mol. The third-order valence-electron chi connectivity index (χ3n) is 3.81. The Labute approximate surface area is 149 Å². The molecule has 0 fully saturated rings. The van der Waals surface area contributed by atoms with Crippen molar-refractivity contribution in [2.75, 3.05) is 31.6 Å². The Morgan fingerprint density at radius 3 is 2.69 bits per heavy atom. The van der Waals surface area contributed by atoms with E-state index in [4.69, 9.17) is 0 Å².